The number of halogens is 1. The number of hydrogen-bond donors (Lipinski definition) is 3. The molecule has 2 aromatic carbocycles. The van der Waals surface area contributed by atoms with Gasteiger partial charge in [-0.25, -0.2) is 0 Å². The van der Waals surface area contributed by atoms with E-state index in [2.05, 4.69) is 12.2 Å². The molecule has 0 bridgehead atoms. The summed E-state index contributed by atoms with van der Waals surface area (Å²) in [4.78, 5) is 0. The van der Waals surface area contributed by atoms with Gasteiger partial charge in [0.05, 0.1) is 0 Å². The van der Waals surface area contributed by atoms with Gasteiger partial charge in [-0.15, -0.1) is 12.4 Å². The van der Waals surface area contributed by atoms with Gasteiger partial charge in [0.25, 0.3) is 0 Å². The van der Waals surface area contributed by atoms with Crippen LogP contribution in [0.5, 0.6) is 11.5 Å². The minimum atomic E-state index is 0. The Morgan fingerprint density at radius 2 is 1.83 bits per heavy atom. The van der Waals surface area contributed by atoms with Gasteiger partial charge in [-0.2, -0.15) is 0 Å². The number of rotatable bonds is 4. The quantitative estimate of drug-likeness (QED) is 0.747. The number of phenols is 2. The number of likely N-dealkylation sites (N-methyl/N-ethyl adjacent to an activating group) is 1. The first-order valence-electron chi connectivity index (χ1n) is 5.87. The Balaban J connectivity index is 0.00000162. The molecule has 4 heteroatoms. The Labute approximate surface area is 113 Å². The monoisotopic (exact) mass is 267 g/mol. The molecule has 98 valence electrons. The molecule has 18 heavy (non-hydrogen) atoms. The van der Waals surface area contributed by atoms with Crippen LogP contribution in [0.1, 0.15) is 12.5 Å². The Kier molecular flexibility index (Phi) is 5.25. The maximum atomic E-state index is 9.90. The Hall–Kier alpha value is -1.45. The van der Waals surface area contributed by atoms with Gasteiger partial charge < -0.3 is 15.5 Å². The van der Waals surface area contributed by atoms with E-state index in [0.717, 1.165) is 30.5 Å². The summed E-state index contributed by atoms with van der Waals surface area (Å²) in [6.45, 7) is 3.86. The molecule has 3 N–H and O–H groups in total. The van der Waals surface area contributed by atoms with Crippen molar-refractivity contribution in [1.29, 1.82) is 0 Å². The molecule has 3 nitrogen and oxygen atoms in total. The van der Waals surface area contributed by atoms with Gasteiger partial charge in [0.2, 0.25) is 0 Å². The third-order valence-electron chi connectivity index (χ3n) is 2.90. The van der Waals surface area contributed by atoms with Crippen LogP contribution >= 0.6 is 12.4 Å². The molecule has 0 heterocycles. The topological polar surface area (TPSA) is 52.5 Å². The highest BCUT2D eigenvalue weighted by Crippen LogP contribution is 2.33. The molecule has 0 radical (unpaired) electrons. The molecule has 0 amide bonds. The van der Waals surface area contributed by atoms with Crippen LogP contribution in [0.15, 0.2) is 30.3 Å². The Morgan fingerprint density at radius 1 is 1.06 bits per heavy atom. The molecule has 2 aromatic rings. The van der Waals surface area contributed by atoms with Crippen LogP contribution in [0.4, 0.5) is 0 Å². The van der Waals surface area contributed by atoms with E-state index in [-0.39, 0.29) is 23.9 Å². The molecular formula is C14H18ClNO2. The Morgan fingerprint density at radius 3 is 2.56 bits per heavy atom. The van der Waals surface area contributed by atoms with E-state index in [1.54, 1.807) is 18.2 Å². The van der Waals surface area contributed by atoms with E-state index in [0.29, 0.717) is 5.39 Å². The zero-order valence-electron chi connectivity index (χ0n) is 10.3. The van der Waals surface area contributed by atoms with Crippen LogP contribution in [0.3, 0.4) is 0 Å². The predicted octanol–water partition coefficient (Wildman–Crippen LogP) is 2.82. The summed E-state index contributed by atoms with van der Waals surface area (Å²) < 4.78 is 0. The molecule has 2 rings (SSSR count). The summed E-state index contributed by atoms with van der Waals surface area (Å²) >= 11 is 0. The minimum absolute atomic E-state index is 0. The van der Waals surface area contributed by atoms with E-state index in [1.807, 2.05) is 12.1 Å². The van der Waals surface area contributed by atoms with Crippen molar-refractivity contribution in [3.8, 4) is 11.5 Å². The second-order valence-corrected chi connectivity index (χ2v) is 4.05. The second kappa shape index (κ2) is 6.47. The summed E-state index contributed by atoms with van der Waals surface area (Å²) in [5.74, 6) is 0.438. The van der Waals surface area contributed by atoms with Gasteiger partial charge >= 0.3 is 0 Å². The lowest BCUT2D eigenvalue weighted by molar-refractivity contribution is 0.475. The second-order valence-electron chi connectivity index (χ2n) is 4.05. The van der Waals surface area contributed by atoms with Crippen LogP contribution in [-0.2, 0) is 6.42 Å². The molecular weight excluding hydrogens is 250 g/mol. The average molecular weight is 268 g/mol. The third kappa shape index (κ3) is 2.86. The lowest BCUT2D eigenvalue weighted by Gasteiger charge is -2.10. The number of hydrogen-bond acceptors (Lipinski definition) is 3. The lowest BCUT2D eigenvalue weighted by Crippen LogP contribution is -2.16. The fourth-order valence-corrected chi connectivity index (χ4v) is 2.05. The maximum absolute atomic E-state index is 9.90. The lowest BCUT2D eigenvalue weighted by atomic mass is 10.0. The van der Waals surface area contributed by atoms with Gasteiger partial charge in [-0.1, -0.05) is 25.1 Å². The molecule has 0 spiro atoms. The molecule has 0 aliphatic heterocycles. The van der Waals surface area contributed by atoms with E-state index >= 15 is 0 Å². The smallest absolute Gasteiger partial charge is 0.123 e. The van der Waals surface area contributed by atoms with Crippen LogP contribution in [0.25, 0.3) is 10.8 Å². The summed E-state index contributed by atoms with van der Waals surface area (Å²) in [5.41, 5.74) is 1.05. The number of fused-ring (bicyclic) bond motifs is 1. The standard InChI is InChI=1S/C14H17NO2.ClH/c1-2-15-9-8-10-6-7-12(16)11-4-3-5-13(17)14(10)11;/h3-7,15-17H,2,8-9H2,1H3;1H. The van der Waals surface area contributed by atoms with Crippen molar-refractivity contribution in [2.75, 3.05) is 13.1 Å². The van der Waals surface area contributed by atoms with Crippen molar-refractivity contribution in [3.63, 3.8) is 0 Å². The number of nitrogens with one attached hydrogen (secondary N) is 1. The van der Waals surface area contributed by atoms with Crippen molar-refractivity contribution < 1.29 is 10.2 Å². The van der Waals surface area contributed by atoms with E-state index in [4.69, 9.17) is 0 Å². The first-order chi connectivity index (χ1) is 8.24. The SMILES string of the molecule is CCNCCc1ccc(O)c2cccc(O)c12.Cl. The largest absolute Gasteiger partial charge is 0.507 e. The van der Waals surface area contributed by atoms with Crippen LogP contribution in [0, 0.1) is 0 Å². The fraction of sp³-hybridized carbons (Fsp3) is 0.286. The van der Waals surface area contributed by atoms with Gasteiger partial charge in [0.1, 0.15) is 11.5 Å². The molecule has 0 saturated heterocycles. The van der Waals surface area contributed by atoms with Crippen molar-refractivity contribution in [2.45, 2.75) is 13.3 Å². The van der Waals surface area contributed by atoms with Gasteiger partial charge in [-0.3, -0.25) is 0 Å². The van der Waals surface area contributed by atoms with Gasteiger partial charge in [0.15, 0.2) is 0 Å². The summed E-state index contributed by atoms with van der Waals surface area (Å²) in [5, 5.41) is 24.4. The average Bonchev–Trinajstić information content (AvgIpc) is 2.33. The molecule has 0 saturated carbocycles. The van der Waals surface area contributed by atoms with Crippen LogP contribution in [-0.4, -0.2) is 23.3 Å². The predicted molar refractivity (Wildman–Crippen MR) is 76.8 cm³/mol. The number of phenolic OH excluding ortho intramolecular Hbond substituents is 2. The first-order valence-corrected chi connectivity index (χ1v) is 5.87. The van der Waals surface area contributed by atoms with Crippen molar-refractivity contribution in [2.24, 2.45) is 0 Å². The highest BCUT2D eigenvalue weighted by molar-refractivity contribution is 5.95. The van der Waals surface area contributed by atoms with Crippen molar-refractivity contribution >= 4 is 23.2 Å². The summed E-state index contributed by atoms with van der Waals surface area (Å²) in [7, 11) is 0. The van der Waals surface area contributed by atoms with Crippen molar-refractivity contribution in [3.05, 3.63) is 35.9 Å². The molecule has 0 aliphatic carbocycles. The highest BCUT2D eigenvalue weighted by Gasteiger charge is 2.08. The van der Waals surface area contributed by atoms with E-state index in [1.165, 1.54) is 0 Å². The minimum Gasteiger partial charge on any atom is -0.507 e. The van der Waals surface area contributed by atoms with Gasteiger partial charge in [0, 0.05) is 10.8 Å². The summed E-state index contributed by atoms with van der Waals surface area (Å²) in [6, 6.07) is 8.77. The number of aromatic hydroxyl groups is 2. The number of benzene rings is 2. The highest BCUT2D eigenvalue weighted by atomic mass is 35.5. The van der Waals surface area contributed by atoms with Gasteiger partial charge in [-0.05, 0) is 37.2 Å². The molecule has 0 aliphatic rings. The summed E-state index contributed by atoms with van der Waals surface area (Å²) in [6.07, 6.45) is 0.836. The fourth-order valence-electron chi connectivity index (χ4n) is 2.05. The Bertz CT molecular complexity index is 528. The third-order valence-corrected chi connectivity index (χ3v) is 2.90. The zero-order chi connectivity index (χ0) is 12.3. The molecule has 0 aromatic heterocycles. The van der Waals surface area contributed by atoms with Crippen LogP contribution in [0.2, 0.25) is 0 Å². The maximum Gasteiger partial charge on any atom is 0.123 e. The van der Waals surface area contributed by atoms with Crippen LogP contribution < -0.4 is 5.32 Å². The molecule has 0 atom stereocenters. The normalized spacial score (nSPS) is 10.3. The molecule has 0 fully saturated rings. The van der Waals surface area contributed by atoms with Crippen molar-refractivity contribution in [1.82, 2.24) is 5.32 Å². The first kappa shape index (κ1) is 14.6. The van der Waals surface area contributed by atoms with E-state index < -0.39 is 0 Å². The molecule has 0 unspecified atom stereocenters. The van der Waals surface area contributed by atoms with E-state index in [9.17, 15) is 10.2 Å². The zero-order valence-corrected chi connectivity index (χ0v) is 11.1.